The van der Waals surface area contributed by atoms with Crippen molar-refractivity contribution in [2.24, 2.45) is 0 Å². The molecule has 0 aliphatic heterocycles. The molecule has 7 nitrogen and oxygen atoms in total. The first-order valence-corrected chi connectivity index (χ1v) is 10.9. The maximum atomic E-state index is 12.3. The number of amides is 2. The van der Waals surface area contributed by atoms with Crippen LogP contribution in [0.25, 0.3) is 0 Å². The first kappa shape index (κ1) is 22.7. The highest BCUT2D eigenvalue weighted by Crippen LogP contribution is 2.24. The average Bonchev–Trinajstić information content (AvgIpc) is 2.64. The van der Waals surface area contributed by atoms with Crippen LogP contribution in [0, 0.1) is 11.3 Å². The molecular formula is C19H17Cl2N3O4S. The maximum Gasteiger partial charge on any atom is 0.243 e. The van der Waals surface area contributed by atoms with Crippen LogP contribution in [0.5, 0.6) is 0 Å². The molecule has 10 heteroatoms. The Balaban J connectivity index is 1.91. The molecule has 1 N–H and O–H groups in total. The summed E-state index contributed by atoms with van der Waals surface area (Å²) < 4.78 is 24.6. The lowest BCUT2D eigenvalue weighted by Gasteiger charge is -2.17. The van der Waals surface area contributed by atoms with Crippen LogP contribution in [0.3, 0.4) is 0 Å². The molecular weight excluding hydrogens is 437 g/mol. The van der Waals surface area contributed by atoms with E-state index in [4.69, 9.17) is 28.5 Å². The van der Waals surface area contributed by atoms with Gasteiger partial charge in [-0.25, -0.2) is 8.42 Å². The van der Waals surface area contributed by atoms with Gasteiger partial charge < -0.3 is 10.2 Å². The second-order valence-corrected chi connectivity index (χ2v) is 9.15. The lowest BCUT2D eigenvalue weighted by molar-refractivity contribution is -0.131. The number of halogens is 2. The second-order valence-electron chi connectivity index (χ2n) is 6.27. The van der Waals surface area contributed by atoms with Crippen molar-refractivity contribution >= 4 is 50.5 Å². The number of likely N-dealkylation sites (N-methyl/N-ethyl adjacent to an activating group) is 1. The molecule has 0 unspecified atom stereocenters. The van der Waals surface area contributed by atoms with Gasteiger partial charge in [-0.2, -0.15) is 5.26 Å². The Morgan fingerprint density at radius 3 is 2.34 bits per heavy atom. The number of sulfone groups is 1. The SMILES string of the molecule is CN(CC(=O)Nc1ccc(Cl)c(Cl)c1)C(=O)CS(=O)(=O)Cc1ccc(C#N)cc1. The monoisotopic (exact) mass is 453 g/mol. The molecule has 0 saturated heterocycles. The summed E-state index contributed by atoms with van der Waals surface area (Å²) in [5, 5.41) is 11.9. The normalized spacial score (nSPS) is 10.8. The van der Waals surface area contributed by atoms with Crippen LogP contribution in [0.15, 0.2) is 42.5 Å². The summed E-state index contributed by atoms with van der Waals surface area (Å²) in [5.41, 5.74) is 1.28. The predicted molar refractivity (Wildman–Crippen MR) is 111 cm³/mol. The minimum absolute atomic E-state index is 0.266. The van der Waals surface area contributed by atoms with Crippen LogP contribution in [0.4, 0.5) is 5.69 Å². The van der Waals surface area contributed by atoms with Crippen molar-refractivity contribution in [3.63, 3.8) is 0 Å². The number of benzene rings is 2. The van der Waals surface area contributed by atoms with Crippen LogP contribution in [-0.4, -0.2) is 44.5 Å². The molecule has 152 valence electrons. The Kier molecular flexibility index (Phi) is 7.62. The summed E-state index contributed by atoms with van der Waals surface area (Å²) >= 11 is 11.7. The molecule has 2 aromatic rings. The van der Waals surface area contributed by atoms with E-state index in [9.17, 15) is 18.0 Å². The number of hydrogen-bond donors (Lipinski definition) is 1. The van der Waals surface area contributed by atoms with Gasteiger partial charge in [0.1, 0.15) is 5.75 Å². The first-order chi connectivity index (χ1) is 13.6. The first-order valence-electron chi connectivity index (χ1n) is 8.28. The summed E-state index contributed by atoms with van der Waals surface area (Å²) in [6, 6.07) is 12.5. The predicted octanol–water partition coefficient (Wildman–Crippen LogP) is 2.88. The number of rotatable bonds is 7. The topological polar surface area (TPSA) is 107 Å². The van der Waals surface area contributed by atoms with Crippen molar-refractivity contribution in [1.82, 2.24) is 4.90 Å². The zero-order valence-corrected chi connectivity index (χ0v) is 17.7. The third-order valence-corrected chi connectivity index (χ3v) is 6.02. The number of nitrogens with zero attached hydrogens (tertiary/aromatic N) is 2. The number of carbonyl (C=O) groups is 2. The van der Waals surface area contributed by atoms with E-state index < -0.39 is 27.4 Å². The molecule has 0 radical (unpaired) electrons. The van der Waals surface area contributed by atoms with Crippen LogP contribution in [0.1, 0.15) is 11.1 Å². The Labute approximate surface area is 178 Å². The smallest absolute Gasteiger partial charge is 0.243 e. The quantitative estimate of drug-likeness (QED) is 0.693. The molecule has 0 spiro atoms. The van der Waals surface area contributed by atoms with Gasteiger partial charge in [-0.15, -0.1) is 0 Å². The highest BCUT2D eigenvalue weighted by molar-refractivity contribution is 7.91. The maximum absolute atomic E-state index is 12.3. The van der Waals surface area contributed by atoms with Gasteiger partial charge in [-0.3, -0.25) is 9.59 Å². The van der Waals surface area contributed by atoms with Crippen LogP contribution >= 0.6 is 23.2 Å². The van der Waals surface area contributed by atoms with Gasteiger partial charge in [0, 0.05) is 12.7 Å². The minimum Gasteiger partial charge on any atom is -0.336 e. The van der Waals surface area contributed by atoms with Crippen molar-refractivity contribution in [2.75, 3.05) is 24.7 Å². The fourth-order valence-electron chi connectivity index (χ4n) is 2.36. The molecule has 0 saturated carbocycles. The average molecular weight is 454 g/mol. The zero-order valence-electron chi connectivity index (χ0n) is 15.4. The van der Waals surface area contributed by atoms with Gasteiger partial charge in [-0.1, -0.05) is 35.3 Å². The van der Waals surface area contributed by atoms with Gasteiger partial charge in [0.25, 0.3) is 0 Å². The van der Waals surface area contributed by atoms with Crippen LogP contribution < -0.4 is 5.32 Å². The molecule has 0 aliphatic rings. The van der Waals surface area contributed by atoms with E-state index in [1.54, 1.807) is 6.07 Å². The number of carbonyl (C=O) groups excluding carboxylic acids is 2. The van der Waals surface area contributed by atoms with Crippen molar-refractivity contribution in [2.45, 2.75) is 5.75 Å². The number of nitrogens with one attached hydrogen (secondary N) is 1. The molecule has 2 rings (SSSR count). The third-order valence-electron chi connectivity index (χ3n) is 3.82. The largest absolute Gasteiger partial charge is 0.336 e. The molecule has 0 fully saturated rings. The van der Waals surface area contributed by atoms with E-state index in [-0.39, 0.29) is 17.3 Å². The van der Waals surface area contributed by atoms with Gasteiger partial charge >= 0.3 is 0 Å². The molecule has 2 amide bonds. The molecule has 0 bridgehead atoms. The molecule has 0 aromatic heterocycles. The zero-order chi connectivity index (χ0) is 21.6. The Hall–Kier alpha value is -2.60. The minimum atomic E-state index is -3.74. The molecule has 0 heterocycles. The lowest BCUT2D eigenvalue weighted by Crippen LogP contribution is -2.38. The van der Waals surface area contributed by atoms with E-state index in [1.807, 2.05) is 6.07 Å². The highest BCUT2D eigenvalue weighted by Gasteiger charge is 2.21. The standard InChI is InChI=1S/C19H17Cl2N3O4S/c1-24(10-18(25)23-15-6-7-16(20)17(21)8-15)19(26)12-29(27,28)11-14-4-2-13(9-22)3-5-14/h2-8H,10-12H2,1H3,(H,23,25). The van der Waals surface area contributed by atoms with E-state index in [0.717, 1.165) is 4.90 Å². The number of anilines is 1. The van der Waals surface area contributed by atoms with Crippen LogP contribution in [-0.2, 0) is 25.2 Å². The van der Waals surface area contributed by atoms with Crippen LogP contribution in [0.2, 0.25) is 10.0 Å². The van der Waals surface area contributed by atoms with Gasteiger partial charge in [0.2, 0.25) is 11.8 Å². The molecule has 0 aliphatic carbocycles. The fourth-order valence-corrected chi connectivity index (χ4v) is 4.05. The summed E-state index contributed by atoms with van der Waals surface area (Å²) in [5.74, 6) is -2.29. The molecule has 0 atom stereocenters. The lowest BCUT2D eigenvalue weighted by atomic mass is 10.2. The number of hydrogen-bond acceptors (Lipinski definition) is 5. The third kappa shape index (κ3) is 7.06. The summed E-state index contributed by atoms with van der Waals surface area (Å²) in [6.45, 7) is -0.328. The van der Waals surface area contributed by atoms with E-state index in [2.05, 4.69) is 5.32 Å². The van der Waals surface area contributed by atoms with Crippen molar-refractivity contribution in [1.29, 1.82) is 5.26 Å². The van der Waals surface area contributed by atoms with Crippen molar-refractivity contribution in [3.05, 3.63) is 63.6 Å². The van der Waals surface area contributed by atoms with Crippen molar-refractivity contribution in [3.8, 4) is 6.07 Å². The Bertz CT molecular complexity index is 1060. The van der Waals surface area contributed by atoms with E-state index in [0.29, 0.717) is 21.8 Å². The van der Waals surface area contributed by atoms with E-state index >= 15 is 0 Å². The number of nitriles is 1. The summed E-state index contributed by atoms with van der Waals surface area (Å²) in [4.78, 5) is 25.3. The second kappa shape index (κ2) is 9.74. The molecule has 29 heavy (non-hydrogen) atoms. The Morgan fingerprint density at radius 1 is 1.10 bits per heavy atom. The fraction of sp³-hybridized carbons (Fsp3) is 0.211. The van der Waals surface area contributed by atoms with Crippen molar-refractivity contribution < 1.29 is 18.0 Å². The summed E-state index contributed by atoms with van der Waals surface area (Å²) in [7, 11) is -2.40. The van der Waals surface area contributed by atoms with Gasteiger partial charge in [0.05, 0.1) is 34.0 Å². The Morgan fingerprint density at radius 2 is 1.76 bits per heavy atom. The van der Waals surface area contributed by atoms with Gasteiger partial charge in [-0.05, 0) is 35.9 Å². The summed E-state index contributed by atoms with van der Waals surface area (Å²) in [6.07, 6.45) is 0. The van der Waals surface area contributed by atoms with Gasteiger partial charge in [0.15, 0.2) is 9.84 Å². The highest BCUT2D eigenvalue weighted by atomic mass is 35.5. The van der Waals surface area contributed by atoms with E-state index in [1.165, 1.54) is 43.4 Å². The molecule has 2 aromatic carbocycles.